The fourth-order valence-corrected chi connectivity index (χ4v) is 3.42. The molecular weight excluding hydrogens is 422 g/mol. The summed E-state index contributed by atoms with van der Waals surface area (Å²) < 4.78 is 9.94. The van der Waals surface area contributed by atoms with Crippen molar-refractivity contribution in [1.29, 1.82) is 0 Å². The molecular formula is C21H22BrN3O3. The van der Waals surface area contributed by atoms with Crippen molar-refractivity contribution in [2.75, 3.05) is 6.61 Å². The Kier molecular flexibility index (Phi) is 6.36. The van der Waals surface area contributed by atoms with Crippen molar-refractivity contribution in [2.45, 2.75) is 20.5 Å². The van der Waals surface area contributed by atoms with Gasteiger partial charge >= 0.3 is 0 Å². The number of para-hydroxylation sites is 2. The molecule has 0 bridgehead atoms. The largest absolute Gasteiger partial charge is 0.487 e. The minimum absolute atomic E-state index is 0.130. The zero-order valence-corrected chi connectivity index (χ0v) is 17.6. The van der Waals surface area contributed by atoms with Crippen LogP contribution in [-0.4, -0.2) is 21.7 Å². The van der Waals surface area contributed by atoms with Gasteiger partial charge in [-0.2, -0.15) is 0 Å². The van der Waals surface area contributed by atoms with Crippen molar-refractivity contribution in [3.8, 4) is 11.4 Å². The van der Waals surface area contributed by atoms with Gasteiger partial charge in [0, 0.05) is 12.6 Å². The summed E-state index contributed by atoms with van der Waals surface area (Å²) in [6.45, 7) is 4.48. The van der Waals surface area contributed by atoms with E-state index in [1.54, 1.807) is 9.36 Å². The Morgan fingerprint density at radius 1 is 1.11 bits per heavy atom. The maximum atomic E-state index is 12.7. The van der Waals surface area contributed by atoms with Crippen LogP contribution >= 0.6 is 15.9 Å². The topological polar surface area (TPSA) is 57.8 Å². The van der Waals surface area contributed by atoms with Gasteiger partial charge in [0.1, 0.15) is 23.4 Å². The average Bonchev–Trinajstić information content (AvgIpc) is 2.93. The molecule has 0 radical (unpaired) electrons. The summed E-state index contributed by atoms with van der Waals surface area (Å²) in [5.41, 5.74) is 2.98. The minimum atomic E-state index is -0.130. The van der Waals surface area contributed by atoms with Crippen LogP contribution in [0.15, 0.2) is 69.0 Å². The molecule has 6 nitrogen and oxygen atoms in total. The second-order valence-corrected chi connectivity index (χ2v) is 6.91. The molecule has 2 aromatic carbocycles. The lowest BCUT2D eigenvalue weighted by Crippen LogP contribution is -2.19. The lowest BCUT2D eigenvalue weighted by Gasteiger charge is -2.13. The Morgan fingerprint density at radius 3 is 2.50 bits per heavy atom. The molecule has 0 unspecified atom stereocenters. The fourth-order valence-electron chi connectivity index (χ4n) is 2.88. The van der Waals surface area contributed by atoms with Crippen LogP contribution in [0.4, 0.5) is 0 Å². The monoisotopic (exact) mass is 443 g/mol. The number of ether oxygens (including phenoxy) is 1. The Bertz CT molecular complexity index is 1040. The molecule has 7 heteroatoms. The highest BCUT2D eigenvalue weighted by molar-refractivity contribution is 9.10. The van der Waals surface area contributed by atoms with E-state index in [-0.39, 0.29) is 12.2 Å². The number of rotatable bonds is 7. The summed E-state index contributed by atoms with van der Waals surface area (Å²) >= 11 is 3.43. The number of aromatic nitrogens is 2. The molecule has 0 N–H and O–H groups in total. The van der Waals surface area contributed by atoms with Crippen LogP contribution in [0.1, 0.15) is 25.1 Å². The molecule has 0 aliphatic rings. The highest BCUT2D eigenvalue weighted by atomic mass is 79.9. The molecule has 0 amide bonds. The van der Waals surface area contributed by atoms with E-state index in [2.05, 4.69) is 21.1 Å². The third-order valence-corrected chi connectivity index (χ3v) is 5.09. The van der Waals surface area contributed by atoms with Crippen molar-refractivity contribution in [3.05, 3.63) is 80.7 Å². The van der Waals surface area contributed by atoms with Crippen molar-refractivity contribution < 1.29 is 9.57 Å². The van der Waals surface area contributed by atoms with Crippen molar-refractivity contribution >= 4 is 21.6 Å². The number of hydrogen-bond donors (Lipinski definition) is 0. The number of halogens is 1. The number of benzene rings is 2. The van der Waals surface area contributed by atoms with Gasteiger partial charge < -0.3 is 9.57 Å². The average molecular weight is 444 g/mol. The van der Waals surface area contributed by atoms with Gasteiger partial charge in [-0.1, -0.05) is 35.5 Å². The highest BCUT2D eigenvalue weighted by Gasteiger charge is 2.18. The Balaban J connectivity index is 1.90. The molecule has 0 saturated heterocycles. The first kappa shape index (κ1) is 19.9. The molecule has 1 aromatic heterocycles. The van der Waals surface area contributed by atoms with Gasteiger partial charge in [0.15, 0.2) is 0 Å². The SMILES string of the molecule is CCO/N=C(/C)c1ccccc1OCc1c(Br)c(=O)n(-c2ccccc2)n1C. The van der Waals surface area contributed by atoms with Crippen LogP contribution in [0.25, 0.3) is 5.69 Å². The van der Waals surface area contributed by atoms with Gasteiger partial charge in [-0.05, 0) is 54.0 Å². The Hall–Kier alpha value is -2.80. The zero-order valence-electron chi connectivity index (χ0n) is 16.1. The Labute approximate surface area is 172 Å². The maximum absolute atomic E-state index is 12.7. The molecule has 0 spiro atoms. The van der Waals surface area contributed by atoms with Crippen LogP contribution in [0.3, 0.4) is 0 Å². The molecule has 0 fully saturated rings. The smallest absolute Gasteiger partial charge is 0.286 e. The summed E-state index contributed by atoms with van der Waals surface area (Å²) in [5, 5.41) is 4.09. The quantitative estimate of drug-likeness (QED) is 0.404. The van der Waals surface area contributed by atoms with Crippen LogP contribution in [-0.2, 0) is 18.5 Å². The van der Waals surface area contributed by atoms with Crippen molar-refractivity contribution in [3.63, 3.8) is 0 Å². The summed E-state index contributed by atoms with van der Waals surface area (Å²) in [7, 11) is 1.84. The third-order valence-electron chi connectivity index (χ3n) is 4.30. The zero-order chi connectivity index (χ0) is 20.1. The molecule has 28 heavy (non-hydrogen) atoms. The molecule has 3 aromatic rings. The van der Waals surface area contributed by atoms with E-state index >= 15 is 0 Å². The number of nitrogens with zero attached hydrogens (tertiary/aromatic N) is 3. The van der Waals surface area contributed by atoms with Crippen molar-refractivity contribution in [2.24, 2.45) is 12.2 Å². The first-order valence-corrected chi connectivity index (χ1v) is 9.74. The van der Waals surface area contributed by atoms with Gasteiger partial charge in [-0.15, -0.1) is 0 Å². The molecule has 146 valence electrons. The van der Waals surface area contributed by atoms with E-state index in [0.717, 1.165) is 22.7 Å². The van der Waals surface area contributed by atoms with E-state index in [9.17, 15) is 4.79 Å². The second-order valence-electron chi connectivity index (χ2n) is 6.12. The van der Waals surface area contributed by atoms with Gasteiger partial charge in [0.25, 0.3) is 5.56 Å². The minimum Gasteiger partial charge on any atom is -0.487 e. The standard InChI is InChI=1S/C21H22BrN3O3/c1-4-28-23-15(2)17-12-8-9-13-19(17)27-14-18-20(22)21(26)25(24(18)3)16-10-6-5-7-11-16/h5-13H,4,14H2,1-3H3/b23-15-. The highest BCUT2D eigenvalue weighted by Crippen LogP contribution is 2.23. The van der Waals surface area contributed by atoms with E-state index in [0.29, 0.717) is 16.8 Å². The predicted octanol–water partition coefficient (Wildman–Crippen LogP) is 4.28. The molecule has 0 aliphatic carbocycles. The molecule has 0 aliphatic heterocycles. The lowest BCUT2D eigenvalue weighted by molar-refractivity contribution is 0.158. The van der Waals surface area contributed by atoms with Crippen LogP contribution < -0.4 is 10.3 Å². The van der Waals surface area contributed by atoms with Crippen LogP contribution in [0.2, 0.25) is 0 Å². The third kappa shape index (κ3) is 4.04. The van der Waals surface area contributed by atoms with Gasteiger partial charge in [0.05, 0.1) is 17.1 Å². The summed E-state index contributed by atoms with van der Waals surface area (Å²) in [6.07, 6.45) is 0. The lowest BCUT2D eigenvalue weighted by atomic mass is 10.1. The molecule has 1 heterocycles. The Morgan fingerprint density at radius 2 is 1.79 bits per heavy atom. The molecule has 0 atom stereocenters. The van der Waals surface area contributed by atoms with Gasteiger partial charge in [-0.25, -0.2) is 4.68 Å². The number of hydrogen-bond acceptors (Lipinski definition) is 4. The molecule has 0 saturated carbocycles. The fraction of sp³-hybridized carbons (Fsp3) is 0.238. The van der Waals surface area contributed by atoms with Gasteiger partial charge in [-0.3, -0.25) is 9.48 Å². The van der Waals surface area contributed by atoms with E-state index in [1.165, 1.54) is 0 Å². The first-order chi connectivity index (χ1) is 13.5. The first-order valence-electron chi connectivity index (χ1n) is 8.95. The predicted molar refractivity (Wildman–Crippen MR) is 113 cm³/mol. The summed E-state index contributed by atoms with van der Waals surface area (Å²) in [5.74, 6) is 0.676. The van der Waals surface area contributed by atoms with E-state index in [1.807, 2.05) is 75.5 Å². The second kappa shape index (κ2) is 8.93. The van der Waals surface area contributed by atoms with E-state index < -0.39 is 0 Å². The van der Waals surface area contributed by atoms with Gasteiger partial charge in [0.2, 0.25) is 0 Å². The van der Waals surface area contributed by atoms with E-state index in [4.69, 9.17) is 9.57 Å². The summed E-state index contributed by atoms with van der Waals surface area (Å²) in [4.78, 5) is 17.9. The van der Waals surface area contributed by atoms with Crippen molar-refractivity contribution in [1.82, 2.24) is 9.36 Å². The number of oxime groups is 1. The van der Waals surface area contributed by atoms with Crippen LogP contribution in [0, 0.1) is 0 Å². The maximum Gasteiger partial charge on any atom is 0.286 e. The van der Waals surface area contributed by atoms with Crippen LogP contribution in [0.5, 0.6) is 5.75 Å². The molecule has 3 rings (SSSR count). The summed E-state index contributed by atoms with van der Waals surface area (Å²) in [6, 6.07) is 17.1. The normalized spacial score (nSPS) is 11.5.